The number of benzene rings is 1. The Bertz CT molecular complexity index is 417. The van der Waals surface area contributed by atoms with Crippen LogP contribution < -0.4 is 11.1 Å². The molecule has 1 aromatic carbocycles. The van der Waals surface area contributed by atoms with Gasteiger partial charge in [-0.25, -0.2) is 0 Å². The first-order chi connectivity index (χ1) is 7.85. The lowest BCUT2D eigenvalue weighted by Gasteiger charge is -2.15. The Balaban J connectivity index is 2.27. The molecule has 0 saturated heterocycles. The normalized spacial score (nSPS) is 12.6. The predicted octanol–water partition coefficient (Wildman–Crippen LogP) is 1.78. The van der Waals surface area contributed by atoms with Gasteiger partial charge in [0.2, 0.25) is 0 Å². The van der Waals surface area contributed by atoms with Gasteiger partial charge in [-0.15, -0.1) is 0 Å². The third kappa shape index (κ3) is 2.15. The van der Waals surface area contributed by atoms with Gasteiger partial charge < -0.3 is 16.0 Å². The fourth-order valence-electron chi connectivity index (χ4n) is 1.87. The van der Waals surface area contributed by atoms with Gasteiger partial charge in [-0.1, -0.05) is 24.3 Å². The van der Waals surface area contributed by atoms with Gasteiger partial charge >= 0.3 is 0 Å². The molecule has 0 spiro atoms. The molecule has 84 valence electrons. The summed E-state index contributed by atoms with van der Waals surface area (Å²) >= 11 is 0. The highest BCUT2D eigenvalue weighted by molar-refractivity contribution is 5.30. The van der Waals surface area contributed by atoms with Gasteiger partial charge in [0.25, 0.3) is 0 Å². The Morgan fingerprint density at radius 2 is 2.00 bits per heavy atom. The summed E-state index contributed by atoms with van der Waals surface area (Å²) in [5.41, 5.74) is 9.15. The van der Waals surface area contributed by atoms with Crippen LogP contribution in [0.1, 0.15) is 22.9 Å². The number of aromatic amines is 1. The molecule has 0 bridgehead atoms. The summed E-state index contributed by atoms with van der Waals surface area (Å²) in [6.07, 6.45) is 1.94. The Morgan fingerprint density at radius 1 is 1.25 bits per heavy atom. The number of hydrogen-bond donors (Lipinski definition) is 3. The number of H-pyrrole nitrogens is 1. The Labute approximate surface area is 95.7 Å². The minimum absolute atomic E-state index is 0.210. The summed E-state index contributed by atoms with van der Waals surface area (Å²) in [5.74, 6) is 0. The minimum Gasteiger partial charge on any atom is -0.363 e. The van der Waals surface area contributed by atoms with E-state index in [4.69, 9.17) is 5.73 Å². The quantitative estimate of drug-likeness (QED) is 0.728. The number of nitrogens with two attached hydrogens (primary N) is 1. The Kier molecular flexibility index (Phi) is 3.39. The van der Waals surface area contributed by atoms with Gasteiger partial charge in [-0.05, 0) is 30.3 Å². The van der Waals surface area contributed by atoms with Crippen LogP contribution in [0, 0.1) is 0 Å². The summed E-state index contributed by atoms with van der Waals surface area (Å²) in [4.78, 5) is 3.23. The molecule has 2 rings (SSSR count). The van der Waals surface area contributed by atoms with E-state index in [0.29, 0.717) is 6.54 Å². The van der Waals surface area contributed by atoms with Crippen LogP contribution >= 0.6 is 0 Å². The van der Waals surface area contributed by atoms with Crippen LogP contribution in [0.3, 0.4) is 0 Å². The molecule has 1 heterocycles. The van der Waals surface area contributed by atoms with Crippen molar-refractivity contribution in [2.24, 2.45) is 5.73 Å². The summed E-state index contributed by atoms with van der Waals surface area (Å²) in [6, 6.07) is 12.7. The average Bonchev–Trinajstić information content (AvgIpc) is 2.85. The van der Waals surface area contributed by atoms with Crippen LogP contribution in [0.15, 0.2) is 42.6 Å². The third-order valence-corrected chi connectivity index (χ3v) is 2.77. The van der Waals surface area contributed by atoms with Crippen molar-refractivity contribution in [1.29, 1.82) is 0 Å². The number of nitrogens with one attached hydrogen (secondary N) is 2. The molecule has 4 N–H and O–H groups in total. The molecule has 0 aliphatic rings. The standard InChI is InChI=1S/C13H17N3/c1-15-13(12-3-2-8-16-12)11-6-4-10(9-14)5-7-11/h2-8,13,15-16H,9,14H2,1H3. The largest absolute Gasteiger partial charge is 0.363 e. The van der Waals surface area contributed by atoms with E-state index in [0.717, 1.165) is 5.56 Å². The second kappa shape index (κ2) is 4.96. The van der Waals surface area contributed by atoms with Crippen molar-refractivity contribution in [2.75, 3.05) is 7.05 Å². The zero-order valence-electron chi connectivity index (χ0n) is 9.40. The highest BCUT2D eigenvalue weighted by Gasteiger charge is 2.11. The van der Waals surface area contributed by atoms with Crippen LogP contribution in [-0.4, -0.2) is 12.0 Å². The third-order valence-electron chi connectivity index (χ3n) is 2.77. The van der Waals surface area contributed by atoms with Crippen molar-refractivity contribution in [1.82, 2.24) is 10.3 Å². The van der Waals surface area contributed by atoms with Gasteiger partial charge in [-0.2, -0.15) is 0 Å². The first-order valence-corrected chi connectivity index (χ1v) is 5.44. The lowest BCUT2D eigenvalue weighted by atomic mass is 10.0. The van der Waals surface area contributed by atoms with E-state index in [9.17, 15) is 0 Å². The van der Waals surface area contributed by atoms with Gasteiger partial charge in [-0.3, -0.25) is 0 Å². The number of rotatable bonds is 4. The summed E-state index contributed by atoms with van der Waals surface area (Å²) in [7, 11) is 1.96. The minimum atomic E-state index is 0.210. The van der Waals surface area contributed by atoms with Gasteiger partial charge in [0, 0.05) is 18.4 Å². The molecule has 0 saturated carbocycles. The van der Waals surface area contributed by atoms with Crippen molar-refractivity contribution >= 4 is 0 Å². The molecule has 16 heavy (non-hydrogen) atoms. The van der Waals surface area contributed by atoms with Crippen LogP contribution in [-0.2, 0) is 6.54 Å². The van der Waals surface area contributed by atoms with Gasteiger partial charge in [0.05, 0.1) is 6.04 Å². The Morgan fingerprint density at radius 3 is 2.50 bits per heavy atom. The summed E-state index contributed by atoms with van der Waals surface area (Å²) in [6.45, 7) is 0.590. The molecule has 1 unspecified atom stereocenters. The second-order valence-electron chi connectivity index (χ2n) is 3.79. The maximum atomic E-state index is 5.58. The maximum absolute atomic E-state index is 5.58. The van der Waals surface area contributed by atoms with Crippen LogP contribution in [0.4, 0.5) is 0 Å². The maximum Gasteiger partial charge on any atom is 0.0726 e. The Hall–Kier alpha value is -1.58. The van der Waals surface area contributed by atoms with Crippen LogP contribution in [0.5, 0.6) is 0 Å². The van der Waals surface area contributed by atoms with E-state index in [1.54, 1.807) is 0 Å². The summed E-state index contributed by atoms with van der Waals surface area (Å²) in [5, 5.41) is 3.30. The SMILES string of the molecule is CNC(c1ccc(CN)cc1)c1ccc[nH]1. The van der Waals surface area contributed by atoms with E-state index in [1.165, 1.54) is 11.3 Å². The molecular weight excluding hydrogens is 198 g/mol. The smallest absolute Gasteiger partial charge is 0.0726 e. The molecule has 3 nitrogen and oxygen atoms in total. The van der Waals surface area contributed by atoms with E-state index in [-0.39, 0.29) is 6.04 Å². The first kappa shape index (κ1) is 10.9. The van der Waals surface area contributed by atoms with Crippen molar-refractivity contribution in [3.8, 4) is 0 Å². The van der Waals surface area contributed by atoms with Crippen LogP contribution in [0.25, 0.3) is 0 Å². The number of aromatic nitrogens is 1. The molecule has 3 heteroatoms. The number of hydrogen-bond acceptors (Lipinski definition) is 2. The second-order valence-corrected chi connectivity index (χ2v) is 3.79. The van der Waals surface area contributed by atoms with Gasteiger partial charge in [0.1, 0.15) is 0 Å². The molecule has 1 atom stereocenters. The molecule has 0 aliphatic carbocycles. The fourth-order valence-corrected chi connectivity index (χ4v) is 1.87. The van der Waals surface area contributed by atoms with Crippen molar-refractivity contribution in [2.45, 2.75) is 12.6 Å². The lowest BCUT2D eigenvalue weighted by Crippen LogP contribution is -2.18. The molecule has 0 radical (unpaired) electrons. The molecular formula is C13H17N3. The molecule has 0 amide bonds. The fraction of sp³-hybridized carbons (Fsp3) is 0.231. The zero-order chi connectivity index (χ0) is 11.4. The zero-order valence-corrected chi connectivity index (χ0v) is 9.40. The van der Waals surface area contributed by atoms with E-state index in [1.807, 2.05) is 19.3 Å². The summed E-state index contributed by atoms with van der Waals surface area (Å²) < 4.78 is 0. The topological polar surface area (TPSA) is 53.8 Å². The lowest BCUT2D eigenvalue weighted by molar-refractivity contribution is 0.675. The van der Waals surface area contributed by atoms with Crippen molar-refractivity contribution in [3.63, 3.8) is 0 Å². The molecule has 1 aromatic heterocycles. The highest BCUT2D eigenvalue weighted by Crippen LogP contribution is 2.20. The van der Waals surface area contributed by atoms with E-state index in [2.05, 4.69) is 40.6 Å². The van der Waals surface area contributed by atoms with E-state index >= 15 is 0 Å². The van der Waals surface area contributed by atoms with Crippen molar-refractivity contribution in [3.05, 3.63) is 59.4 Å². The van der Waals surface area contributed by atoms with Crippen molar-refractivity contribution < 1.29 is 0 Å². The molecule has 2 aromatic rings. The predicted molar refractivity (Wildman–Crippen MR) is 66.0 cm³/mol. The van der Waals surface area contributed by atoms with Gasteiger partial charge in [0.15, 0.2) is 0 Å². The first-order valence-electron chi connectivity index (χ1n) is 5.44. The van der Waals surface area contributed by atoms with Crippen LogP contribution in [0.2, 0.25) is 0 Å². The molecule has 0 fully saturated rings. The van der Waals surface area contributed by atoms with E-state index < -0.39 is 0 Å². The molecule has 0 aliphatic heterocycles. The average molecular weight is 215 g/mol. The highest BCUT2D eigenvalue weighted by atomic mass is 14.9. The monoisotopic (exact) mass is 215 g/mol.